The van der Waals surface area contributed by atoms with Crippen molar-refractivity contribution in [3.05, 3.63) is 35.9 Å². The standard InChI is InChI=1S/C7H8.C4H8O2.C2H6O.CH2O2/c1-7-5-3-2-4-6-7;1-3-6-4(2)5;1-2-3;2-1-3/h2-6H,1H3;3H2,1-2H3;3H,2H2,1H3;1H,(H,2,3). The van der Waals surface area contributed by atoms with Crippen molar-refractivity contribution in [3.63, 3.8) is 0 Å². The van der Waals surface area contributed by atoms with Crippen LogP contribution in [0.1, 0.15) is 26.3 Å². The molecule has 0 radical (unpaired) electrons. The molecule has 0 saturated heterocycles. The third-order valence-corrected chi connectivity index (χ3v) is 1.29. The van der Waals surface area contributed by atoms with Crippen LogP contribution in [-0.2, 0) is 14.3 Å². The number of carboxylic acid groups (broad SMARTS) is 1. The van der Waals surface area contributed by atoms with Crippen molar-refractivity contribution >= 4 is 12.4 Å². The topological polar surface area (TPSA) is 83.8 Å². The molecule has 0 unspecified atom stereocenters. The number of aliphatic hydroxyl groups is 1. The molecule has 0 bridgehead atoms. The van der Waals surface area contributed by atoms with Gasteiger partial charge in [0.25, 0.3) is 6.47 Å². The molecular weight excluding hydrogens is 248 g/mol. The van der Waals surface area contributed by atoms with E-state index in [0.29, 0.717) is 6.61 Å². The van der Waals surface area contributed by atoms with Crippen LogP contribution in [0.25, 0.3) is 0 Å². The van der Waals surface area contributed by atoms with Crippen LogP contribution in [0.15, 0.2) is 30.3 Å². The number of rotatable bonds is 1. The van der Waals surface area contributed by atoms with E-state index in [2.05, 4.69) is 23.8 Å². The summed E-state index contributed by atoms with van der Waals surface area (Å²) < 4.78 is 4.40. The van der Waals surface area contributed by atoms with E-state index >= 15 is 0 Å². The lowest BCUT2D eigenvalue weighted by Gasteiger charge is -1.89. The van der Waals surface area contributed by atoms with E-state index in [1.165, 1.54) is 12.5 Å². The molecule has 19 heavy (non-hydrogen) atoms. The highest BCUT2D eigenvalue weighted by molar-refractivity contribution is 5.65. The van der Waals surface area contributed by atoms with Crippen LogP contribution in [0.2, 0.25) is 0 Å². The van der Waals surface area contributed by atoms with E-state index in [-0.39, 0.29) is 19.0 Å². The molecule has 5 nitrogen and oxygen atoms in total. The van der Waals surface area contributed by atoms with Crippen molar-refractivity contribution in [2.75, 3.05) is 13.2 Å². The first kappa shape index (κ1) is 22.3. The molecule has 0 amide bonds. The van der Waals surface area contributed by atoms with Gasteiger partial charge in [-0.1, -0.05) is 35.9 Å². The van der Waals surface area contributed by atoms with E-state index in [0.717, 1.165) is 0 Å². The summed E-state index contributed by atoms with van der Waals surface area (Å²) in [5, 5.41) is 14.5. The molecule has 1 aromatic rings. The Morgan fingerprint density at radius 3 is 1.74 bits per heavy atom. The Morgan fingerprint density at radius 2 is 1.63 bits per heavy atom. The molecule has 1 rings (SSSR count). The van der Waals surface area contributed by atoms with Gasteiger partial charge in [-0.05, 0) is 20.8 Å². The average Bonchev–Trinajstić information content (AvgIpc) is 2.32. The van der Waals surface area contributed by atoms with Gasteiger partial charge >= 0.3 is 5.97 Å². The number of hydrogen-bond acceptors (Lipinski definition) is 4. The number of benzene rings is 1. The van der Waals surface area contributed by atoms with Gasteiger partial charge < -0.3 is 14.9 Å². The lowest BCUT2D eigenvalue weighted by molar-refractivity contribution is -0.140. The Balaban J connectivity index is -0.000000195. The maximum atomic E-state index is 9.82. The van der Waals surface area contributed by atoms with Gasteiger partial charge in [-0.2, -0.15) is 0 Å². The zero-order valence-electron chi connectivity index (χ0n) is 12.0. The number of hydrogen-bond donors (Lipinski definition) is 2. The van der Waals surface area contributed by atoms with Crippen molar-refractivity contribution in [1.29, 1.82) is 0 Å². The SMILES string of the molecule is CCO.CCOC(C)=O.Cc1ccccc1.O=CO. The second-order valence-electron chi connectivity index (χ2n) is 3.00. The summed E-state index contributed by atoms with van der Waals surface area (Å²) >= 11 is 0. The summed E-state index contributed by atoms with van der Waals surface area (Å²) in [5.74, 6) is -0.211. The third-order valence-electron chi connectivity index (χ3n) is 1.29. The number of carbonyl (C=O) groups excluding carboxylic acids is 1. The molecule has 1 aromatic carbocycles. The summed E-state index contributed by atoms with van der Waals surface area (Å²) in [6.45, 7) is 7.42. The minimum absolute atomic E-state index is 0.211. The lowest BCUT2D eigenvalue weighted by atomic mass is 10.2. The van der Waals surface area contributed by atoms with Crippen molar-refractivity contribution in [1.82, 2.24) is 0 Å². The Hall–Kier alpha value is -1.88. The molecule has 2 N–H and O–H groups in total. The highest BCUT2D eigenvalue weighted by atomic mass is 16.5. The molecule has 0 aliphatic rings. The maximum Gasteiger partial charge on any atom is 0.302 e. The normalized spacial score (nSPS) is 7.21. The minimum Gasteiger partial charge on any atom is -0.483 e. The lowest BCUT2D eigenvalue weighted by Crippen LogP contribution is -1.95. The van der Waals surface area contributed by atoms with Gasteiger partial charge in [0.1, 0.15) is 0 Å². The number of esters is 1. The van der Waals surface area contributed by atoms with Crippen molar-refractivity contribution in [2.24, 2.45) is 0 Å². The quantitative estimate of drug-likeness (QED) is 0.605. The van der Waals surface area contributed by atoms with E-state index in [1.807, 2.05) is 18.2 Å². The second kappa shape index (κ2) is 21.4. The van der Waals surface area contributed by atoms with Crippen LogP contribution in [0, 0.1) is 6.92 Å². The maximum absolute atomic E-state index is 9.82. The first-order valence-corrected chi connectivity index (χ1v) is 5.83. The van der Waals surface area contributed by atoms with E-state index in [9.17, 15) is 4.79 Å². The van der Waals surface area contributed by atoms with Gasteiger partial charge in [0, 0.05) is 13.5 Å². The third kappa shape index (κ3) is 38.6. The smallest absolute Gasteiger partial charge is 0.302 e. The monoisotopic (exact) mass is 272 g/mol. The largest absolute Gasteiger partial charge is 0.483 e. The van der Waals surface area contributed by atoms with Crippen LogP contribution in [0.3, 0.4) is 0 Å². The Morgan fingerprint density at radius 1 is 1.26 bits per heavy atom. The van der Waals surface area contributed by atoms with E-state index in [4.69, 9.17) is 15.0 Å². The van der Waals surface area contributed by atoms with Crippen LogP contribution in [0.4, 0.5) is 0 Å². The predicted octanol–water partition coefficient (Wildman–Crippen LogP) is 2.26. The Kier molecular flexibility index (Phi) is 25.1. The second-order valence-corrected chi connectivity index (χ2v) is 3.00. The first-order chi connectivity index (χ1) is 8.99. The van der Waals surface area contributed by atoms with Gasteiger partial charge in [0.15, 0.2) is 0 Å². The highest BCUT2D eigenvalue weighted by Gasteiger charge is 1.81. The molecule has 110 valence electrons. The summed E-state index contributed by atoms with van der Waals surface area (Å²) in [6, 6.07) is 10.3. The summed E-state index contributed by atoms with van der Waals surface area (Å²) in [5.41, 5.74) is 1.32. The molecule has 0 aromatic heterocycles. The molecule has 0 saturated carbocycles. The fourth-order valence-electron chi connectivity index (χ4n) is 0.738. The van der Waals surface area contributed by atoms with E-state index < -0.39 is 0 Å². The molecule has 0 aliphatic carbocycles. The van der Waals surface area contributed by atoms with Gasteiger partial charge in [0.05, 0.1) is 6.61 Å². The van der Waals surface area contributed by atoms with Gasteiger partial charge in [-0.15, -0.1) is 0 Å². The molecule has 5 heteroatoms. The zero-order valence-corrected chi connectivity index (χ0v) is 12.0. The van der Waals surface area contributed by atoms with E-state index in [1.54, 1.807) is 13.8 Å². The molecule has 0 heterocycles. The Labute approximate surface area is 114 Å². The van der Waals surface area contributed by atoms with Crippen LogP contribution < -0.4 is 0 Å². The fraction of sp³-hybridized carbons (Fsp3) is 0.429. The number of ether oxygens (including phenoxy) is 1. The molecule has 0 spiro atoms. The fourth-order valence-corrected chi connectivity index (χ4v) is 0.738. The number of aryl methyl sites for hydroxylation is 1. The summed E-state index contributed by atoms with van der Waals surface area (Å²) in [6.07, 6.45) is 0. The predicted molar refractivity (Wildman–Crippen MR) is 74.9 cm³/mol. The van der Waals surface area contributed by atoms with Crippen LogP contribution in [-0.4, -0.2) is 35.9 Å². The molecular formula is C14H24O5. The number of aliphatic hydroxyl groups excluding tert-OH is 1. The van der Waals surface area contributed by atoms with Crippen molar-refractivity contribution in [3.8, 4) is 0 Å². The molecule has 0 fully saturated rings. The summed E-state index contributed by atoms with van der Waals surface area (Å²) in [7, 11) is 0. The first-order valence-electron chi connectivity index (χ1n) is 5.83. The van der Waals surface area contributed by atoms with Gasteiger partial charge in [-0.3, -0.25) is 9.59 Å². The van der Waals surface area contributed by atoms with Gasteiger partial charge in [0.2, 0.25) is 0 Å². The molecule has 0 aliphatic heterocycles. The minimum atomic E-state index is -0.250. The number of carbonyl (C=O) groups is 2. The van der Waals surface area contributed by atoms with Gasteiger partial charge in [-0.25, -0.2) is 0 Å². The average molecular weight is 272 g/mol. The van der Waals surface area contributed by atoms with Crippen molar-refractivity contribution in [2.45, 2.75) is 27.7 Å². The molecule has 0 atom stereocenters. The Bertz CT molecular complexity index is 285. The van der Waals surface area contributed by atoms with Crippen molar-refractivity contribution < 1.29 is 24.5 Å². The highest BCUT2D eigenvalue weighted by Crippen LogP contribution is 1.92. The summed E-state index contributed by atoms with van der Waals surface area (Å²) in [4.78, 5) is 18.2. The zero-order chi connectivity index (χ0) is 15.5. The van der Waals surface area contributed by atoms with Crippen LogP contribution in [0.5, 0.6) is 0 Å². The van der Waals surface area contributed by atoms with Crippen LogP contribution >= 0.6 is 0 Å².